The Labute approximate surface area is 100 Å². The van der Waals surface area contributed by atoms with Gasteiger partial charge in [0, 0.05) is 19.8 Å². The van der Waals surface area contributed by atoms with Gasteiger partial charge in [-0.1, -0.05) is 0 Å². The quantitative estimate of drug-likeness (QED) is 0.385. The second-order valence-corrected chi connectivity index (χ2v) is 3.13. The monoisotopic (exact) mass is 242 g/mol. The summed E-state index contributed by atoms with van der Waals surface area (Å²) in [5.74, 6) is 6.76. The highest BCUT2D eigenvalue weighted by Gasteiger charge is 2.05. The number of hydrogen-bond acceptors (Lipinski definition) is 7. The highest BCUT2D eigenvalue weighted by Crippen LogP contribution is 2.13. The van der Waals surface area contributed by atoms with E-state index in [0.29, 0.717) is 43.9 Å². The van der Waals surface area contributed by atoms with E-state index in [4.69, 9.17) is 20.1 Å². The van der Waals surface area contributed by atoms with E-state index in [9.17, 15) is 0 Å². The van der Waals surface area contributed by atoms with E-state index in [1.807, 2.05) is 6.92 Å². The lowest BCUT2D eigenvalue weighted by molar-refractivity contribution is 0.125. The molecule has 0 aromatic carbocycles. The molecule has 7 heteroatoms. The molecule has 1 aromatic rings. The first-order chi connectivity index (χ1) is 8.30. The van der Waals surface area contributed by atoms with Crippen molar-refractivity contribution in [3.63, 3.8) is 0 Å². The molecule has 96 valence electrons. The number of anilines is 1. The number of nitrogens with zero attached hydrogens (tertiary/aromatic N) is 2. The predicted molar refractivity (Wildman–Crippen MR) is 62.5 cm³/mol. The minimum absolute atomic E-state index is 0.326. The maximum absolute atomic E-state index is 5.38. The van der Waals surface area contributed by atoms with Crippen molar-refractivity contribution in [2.45, 2.75) is 13.5 Å². The number of rotatable bonds is 8. The van der Waals surface area contributed by atoms with E-state index in [2.05, 4.69) is 15.4 Å². The van der Waals surface area contributed by atoms with Crippen LogP contribution in [0.25, 0.3) is 0 Å². The molecule has 17 heavy (non-hydrogen) atoms. The standard InChI is InChI=1S/C10H18N4O3/c1-3-16-7-9-12-8(14-11)6-10(13-9)17-5-4-15-2/h6H,3-5,7,11H2,1-2H3,(H,12,13,14). The van der Waals surface area contributed by atoms with Crippen molar-refractivity contribution in [3.8, 4) is 5.88 Å². The number of methoxy groups -OCH3 is 1. The van der Waals surface area contributed by atoms with Gasteiger partial charge in [-0.05, 0) is 6.92 Å². The van der Waals surface area contributed by atoms with Gasteiger partial charge in [-0.3, -0.25) is 0 Å². The first-order valence-electron chi connectivity index (χ1n) is 5.34. The second kappa shape index (κ2) is 7.77. The summed E-state index contributed by atoms with van der Waals surface area (Å²) < 4.78 is 15.5. The summed E-state index contributed by atoms with van der Waals surface area (Å²) in [5, 5.41) is 0. The van der Waals surface area contributed by atoms with Crippen LogP contribution in [0.3, 0.4) is 0 Å². The number of ether oxygens (including phenoxy) is 3. The number of aromatic nitrogens is 2. The highest BCUT2D eigenvalue weighted by molar-refractivity contribution is 5.36. The fraction of sp³-hybridized carbons (Fsp3) is 0.600. The molecule has 0 aliphatic rings. The number of nitrogens with one attached hydrogen (secondary N) is 1. The average Bonchev–Trinajstić information content (AvgIpc) is 2.36. The number of nitrogens with two attached hydrogens (primary N) is 1. The van der Waals surface area contributed by atoms with Crippen molar-refractivity contribution in [3.05, 3.63) is 11.9 Å². The summed E-state index contributed by atoms with van der Waals surface area (Å²) >= 11 is 0. The van der Waals surface area contributed by atoms with Gasteiger partial charge < -0.3 is 19.6 Å². The van der Waals surface area contributed by atoms with E-state index in [1.54, 1.807) is 13.2 Å². The first kappa shape index (κ1) is 13.6. The Morgan fingerprint density at radius 1 is 1.35 bits per heavy atom. The lowest BCUT2D eigenvalue weighted by Crippen LogP contribution is -2.13. The summed E-state index contributed by atoms with van der Waals surface area (Å²) in [5.41, 5.74) is 2.46. The molecule has 0 aliphatic carbocycles. The van der Waals surface area contributed by atoms with Gasteiger partial charge in [0.05, 0.1) is 6.61 Å². The van der Waals surface area contributed by atoms with Crippen LogP contribution in [0.15, 0.2) is 6.07 Å². The molecule has 1 heterocycles. The summed E-state index contributed by atoms with van der Waals surface area (Å²) in [6.45, 7) is 3.75. The van der Waals surface area contributed by atoms with Gasteiger partial charge >= 0.3 is 0 Å². The van der Waals surface area contributed by atoms with Crippen LogP contribution in [-0.2, 0) is 16.1 Å². The van der Waals surface area contributed by atoms with Crippen LogP contribution < -0.4 is 16.0 Å². The molecule has 0 fully saturated rings. The molecule has 0 radical (unpaired) electrons. The molecule has 0 atom stereocenters. The van der Waals surface area contributed by atoms with Gasteiger partial charge in [-0.15, -0.1) is 0 Å². The molecule has 1 rings (SSSR count). The van der Waals surface area contributed by atoms with Crippen molar-refractivity contribution < 1.29 is 14.2 Å². The van der Waals surface area contributed by atoms with Crippen LogP contribution >= 0.6 is 0 Å². The summed E-state index contributed by atoms with van der Waals surface area (Å²) in [6.07, 6.45) is 0. The molecule has 0 saturated carbocycles. The normalized spacial score (nSPS) is 10.3. The molecular weight excluding hydrogens is 224 g/mol. The van der Waals surface area contributed by atoms with Gasteiger partial charge in [0.2, 0.25) is 5.88 Å². The zero-order valence-electron chi connectivity index (χ0n) is 10.1. The van der Waals surface area contributed by atoms with E-state index in [-0.39, 0.29) is 0 Å². The molecule has 0 spiro atoms. The molecule has 3 N–H and O–H groups in total. The zero-order valence-corrected chi connectivity index (χ0v) is 10.1. The highest BCUT2D eigenvalue weighted by atomic mass is 16.5. The van der Waals surface area contributed by atoms with Gasteiger partial charge in [0.25, 0.3) is 0 Å². The summed E-state index contributed by atoms with van der Waals surface area (Å²) in [7, 11) is 1.61. The number of hydrogen-bond donors (Lipinski definition) is 2. The Bertz CT molecular complexity index is 335. The number of nitrogen functional groups attached to an aromatic ring is 1. The molecular formula is C10H18N4O3. The molecule has 0 aliphatic heterocycles. The largest absolute Gasteiger partial charge is 0.475 e. The maximum atomic E-state index is 5.38. The lowest BCUT2D eigenvalue weighted by atomic mass is 10.5. The fourth-order valence-electron chi connectivity index (χ4n) is 1.11. The molecule has 7 nitrogen and oxygen atoms in total. The third-order valence-corrected chi connectivity index (χ3v) is 1.87. The average molecular weight is 242 g/mol. The van der Waals surface area contributed by atoms with Crippen molar-refractivity contribution in [1.29, 1.82) is 0 Å². The van der Waals surface area contributed by atoms with Crippen molar-refractivity contribution >= 4 is 5.82 Å². The first-order valence-corrected chi connectivity index (χ1v) is 5.34. The third-order valence-electron chi connectivity index (χ3n) is 1.87. The van der Waals surface area contributed by atoms with E-state index in [1.165, 1.54) is 0 Å². The Hall–Kier alpha value is -1.44. The fourth-order valence-corrected chi connectivity index (χ4v) is 1.11. The summed E-state index contributed by atoms with van der Waals surface area (Å²) in [6, 6.07) is 1.62. The van der Waals surface area contributed by atoms with E-state index in [0.717, 1.165) is 0 Å². The Balaban J connectivity index is 2.67. The van der Waals surface area contributed by atoms with Crippen LogP contribution in [0.1, 0.15) is 12.7 Å². The van der Waals surface area contributed by atoms with Crippen LogP contribution in [0.4, 0.5) is 5.82 Å². The van der Waals surface area contributed by atoms with Crippen LogP contribution in [-0.4, -0.2) is 36.9 Å². The van der Waals surface area contributed by atoms with E-state index >= 15 is 0 Å². The SMILES string of the molecule is CCOCc1nc(NN)cc(OCCOC)n1. The van der Waals surface area contributed by atoms with Crippen molar-refractivity contribution in [2.75, 3.05) is 32.4 Å². The molecule has 0 bridgehead atoms. The molecule has 0 unspecified atom stereocenters. The van der Waals surface area contributed by atoms with Gasteiger partial charge in [0.15, 0.2) is 5.82 Å². The lowest BCUT2D eigenvalue weighted by Gasteiger charge is -2.08. The smallest absolute Gasteiger partial charge is 0.218 e. The minimum Gasteiger partial charge on any atom is -0.475 e. The third kappa shape index (κ3) is 4.94. The Kier molecular flexibility index (Phi) is 6.23. The zero-order chi connectivity index (χ0) is 12.5. The molecule has 0 saturated heterocycles. The van der Waals surface area contributed by atoms with Gasteiger partial charge in [-0.25, -0.2) is 10.8 Å². The molecule has 1 aromatic heterocycles. The van der Waals surface area contributed by atoms with Gasteiger partial charge in [0.1, 0.15) is 19.0 Å². The van der Waals surface area contributed by atoms with Crippen LogP contribution in [0, 0.1) is 0 Å². The molecule has 0 amide bonds. The maximum Gasteiger partial charge on any atom is 0.218 e. The topological polar surface area (TPSA) is 91.5 Å². The summed E-state index contributed by atoms with van der Waals surface area (Å²) in [4.78, 5) is 8.32. The van der Waals surface area contributed by atoms with Crippen molar-refractivity contribution in [2.24, 2.45) is 5.84 Å². The Morgan fingerprint density at radius 2 is 2.18 bits per heavy atom. The number of hydrazine groups is 1. The van der Waals surface area contributed by atoms with Crippen LogP contribution in [0.2, 0.25) is 0 Å². The predicted octanol–water partition coefficient (Wildman–Crippen LogP) is 0.324. The van der Waals surface area contributed by atoms with Gasteiger partial charge in [-0.2, -0.15) is 4.98 Å². The minimum atomic E-state index is 0.326. The van der Waals surface area contributed by atoms with E-state index < -0.39 is 0 Å². The second-order valence-electron chi connectivity index (χ2n) is 3.13. The van der Waals surface area contributed by atoms with Crippen LogP contribution in [0.5, 0.6) is 5.88 Å². The van der Waals surface area contributed by atoms with Crippen molar-refractivity contribution in [1.82, 2.24) is 9.97 Å². The Morgan fingerprint density at radius 3 is 2.82 bits per heavy atom.